The van der Waals surface area contributed by atoms with Gasteiger partial charge in [-0.25, -0.2) is 9.78 Å². The number of thioether (sulfide) groups is 1. The Morgan fingerprint density at radius 2 is 2.43 bits per heavy atom. The molecule has 21 heavy (non-hydrogen) atoms. The van der Waals surface area contributed by atoms with Crippen molar-refractivity contribution in [3.05, 3.63) is 18.2 Å². The molecule has 1 atom stereocenters. The number of aromatic nitrogens is 2. The van der Waals surface area contributed by atoms with E-state index in [0.29, 0.717) is 12.5 Å². The van der Waals surface area contributed by atoms with Gasteiger partial charge >= 0.3 is 6.03 Å². The van der Waals surface area contributed by atoms with Crippen molar-refractivity contribution in [2.24, 2.45) is 5.92 Å². The second-order valence-electron chi connectivity index (χ2n) is 5.61. The van der Waals surface area contributed by atoms with Gasteiger partial charge in [-0.1, -0.05) is 6.92 Å². The molecule has 5 nitrogen and oxygen atoms in total. The number of hydrogen-bond acceptors (Lipinski definition) is 3. The van der Waals surface area contributed by atoms with E-state index in [1.54, 1.807) is 6.20 Å². The monoisotopic (exact) mass is 310 g/mol. The van der Waals surface area contributed by atoms with Crippen molar-refractivity contribution in [2.45, 2.75) is 39.3 Å². The molecule has 1 fully saturated rings. The summed E-state index contributed by atoms with van der Waals surface area (Å²) in [4.78, 5) is 18.6. The number of nitrogens with zero attached hydrogens (tertiary/aromatic N) is 3. The lowest BCUT2D eigenvalue weighted by molar-refractivity contribution is 0.170. The van der Waals surface area contributed by atoms with Gasteiger partial charge in [0.25, 0.3) is 0 Å². The van der Waals surface area contributed by atoms with Crippen LogP contribution in [0.1, 0.15) is 32.0 Å². The average molecular weight is 310 g/mol. The van der Waals surface area contributed by atoms with Crippen LogP contribution < -0.4 is 5.32 Å². The Morgan fingerprint density at radius 3 is 3.19 bits per heavy atom. The van der Waals surface area contributed by atoms with E-state index in [2.05, 4.69) is 28.0 Å². The molecule has 0 aromatic carbocycles. The topological polar surface area (TPSA) is 50.2 Å². The smallest absolute Gasteiger partial charge is 0.317 e. The molecule has 0 spiro atoms. The Labute approximate surface area is 131 Å². The summed E-state index contributed by atoms with van der Waals surface area (Å²) in [5, 5.41) is 3.01. The van der Waals surface area contributed by atoms with Gasteiger partial charge in [0.2, 0.25) is 0 Å². The van der Waals surface area contributed by atoms with Crippen LogP contribution in [-0.4, -0.2) is 45.6 Å². The summed E-state index contributed by atoms with van der Waals surface area (Å²) in [6.45, 7) is 5.36. The highest BCUT2D eigenvalue weighted by Crippen LogP contribution is 2.19. The van der Waals surface area contributed by atoms with Crippen LogP contribution >= 0.6 is 11.8 Å². The lowest BCUT2D eigenvalue weighted by Crippen LogP contribution is -2.45. The molecule has 1 aliphatic heterocycles. The van der Waals surface area contributed by atoms with Crippen LogP contribution in [0.3, 0.4) is 0 Å². The second kappa shape index (κ2) is 8.32. The number of likely N-dealkylation sites (tertiary alicyclic amines) is 1. The SMILES string of the molecule is CCCn1ccnc1CNC(=O)N1CCCC(CSC)C1. The Hall–Kier alpha value is -1.17. The minimum absolute atomic E-state index is 0.0480. The van der Waals surface area contributed by atoms with Gasteiger partial charge in [-0.15, -0.1) is 0 Å². The van der Waals surface area contributed by atoms with Gasteiger partial charge in [0.1, 0.15) is 5.82 Å². The predicted octanol–water partition coefficient (Wildman–Crippen LogP) is 2.58. The van der Waals surface area contributed by atoms with E-state index in [9.17, 15) is 4.79 Å². The van der Waals surface area contributed by atoms with Crippen LogP contribution in [-0.2, 0) is 13.1 Å². The number of amides is 2. The van der Waals surface area contributed by atoms with Gasteiger partial charge in [-0.3, -0.25) is 0 Å². The fourth-order valence-electron chi connectivity index (χ4n) is 2.84. The lowest BCUT2D eigenvalue weighted by Gasteiger charge is -2.32. The largest absolute Gasteiger partial charge is 0.333 e. The molecule has 0 aliphatic carbocycles. The predicted molar refractivity (Wildman–Crippen MR) is 87.4 cm³/mol. The van der Waals surface area contributed by atoms with Crippen LogP contribution in [0.15, 0.2) is 12.4 Å². The molecule has 118 valence electrons. The molecule has 0 saturated carbocycles. The van der Waals surface area contributed by atoms with E-state index in [4.69, 9.17) is 0 Å². The first-order valence-electron chi connectivity index (χ1n) is 7.76. The maximum Gasteiger partial charge on any atom is 0.317 e. The van der Waals surface area contributed by atoms with Crippen LogP contribution in [0.5, 0.6) is 0 Å². The third-order valence-corrected chi connectivity index (χ3v) is 4.68. The number of carbonyl (C=O) groups excluding carboxylic acids is 1. The number of carbonyl (C=O) groups is 1. The van der Waals surface area contributed by atoms with Gasteiger partial charge in [0.05, 0.1) is 6.54 Å². The van der Waals surface area contributed by atoms with E-state index in [-0.39, 0.29) is 6.03 Å². The third-order valence-electron chi connectivity index (χ3n) is 3.87. The van der Waals surface area contributed by atoms with Crippen molar-refractivity contribution in [3.8, 4) is 0 Å². The van der Waals surface area contributed by atoms with Crippen LogP contribution in [0.4, 0.5) is 4.79 Å². The molecule has 1 saturated heterocycles. The maximum atomic E-state index is 12.3. The average Bonchev–Trinajstić information content (AvgIpc) is 2.93. The van der Waals surface area contributed by atoms with Crippen LogP contribution in [0.2, 0.25) is 0 Å². The Morgan fingerprint density at radius 1 is 1.57 bits per heavy atom. The molecular weight excluding hydrogens is 284 g/mol. The minimum atomic E-state index is 0.0480. The Bertz CT molecular complexity index is 447. The van der Waals surface area contributed by atoms with Crippen molar-refractivity contribution in [3.63, 3.8) is 0 Å². The molecule has 0 bridgehead atoms. The van der Waals surface area contributed by atoms with Gasteiger partial charge in [0.15, 0.2) is 0 Å². The number of urea groups is 1. The number of imidazole rings is 1. The summed E-state index contributed by atoms with van der Waals surface area (Å²) in [6, 6.07) is 0.0480. The van der Waals surface area contributed by atoms with Crippen molar-refractivity contribution in [1.29, 1.82) is 0 Å². The third kappa shape index (κ3) is 4.66. The molecule has 6 heteroatoms. The molecular formula is C15H26N4OS. The lowest BCUT2D eigenvalue weighted by atomic mass is 10.0. The summed E-state index contributed by atoms with van der Waals surface area (Å²) in [5.41, 5.74) is 0. The van der Waals surface area contributed by atoms with Crippen molar-refractivity contribution >= 4 is 17.8 Å². The van der Waals surface area contributed by atoms with Gasteiger partial charge < -0.3 is 14.8 Å². The van der Waals surface area contributed by atoms with Gasteiger partial charge in [0, 0.05) is 32.0 Å². The highest BCUT2D eigenvalue weighted by Gasteiger charge is 2.23. The van der Waals surface area contributed by atoms with E-state index in [0.717, 1.165) is 44.1 Å². The Kier molecular flexibility index (Phi) is 6.42. The minimum Gasteiger partial charge on any atom is -0.333 e. The first-order valence-corrected chi connectivity index (χ1v) is 9.15. The zero-order valence-electron chi connectivity index (χ0n) is 13.0. The highest BCUT2D eigenvalue weighted by atomic mass is 32.2. The van der Waals surface area contributed by atoms with Crippen LogP contribution in [0.25, 0.3) is 0 Å². The number of aryl methyl sites for hydroxylation is 1. The number of hydrogen-bond donors (Lipinski definition) is 1. The molecule has 1 aromatic rings. The molecule has 1 unspecified atom stereocenters. The van der Waals surface area contributed by atoms with Crippen molar-refractivity contribution < 1.29 is 4.79 Å². The summed E-state index contributed by atoms with van der Waals surface area (Å²) in [5.74, 6) is 2.72. The van der Waals surface area contributed by atoms with E-state index in [1.807, 2.05) is 22.9 Å². The molecule has 2 heterocycles. The maximum absolute atomic E-state index is 12.3. The summed E-state index contributed by atoms with van der Waals surface area (Å²) in [7, 11) is 0. The molecule has 1 N–H and O–H groups in total. The molecule has 1 aliphatic rings. The van der Waals surface area contributed by atoms with Crippen molar-refractivity contribution in [1.82, 2.24) is 19.8 Å². The standard InChI is InChI=1S/C15H26N4OS/c1-3-7-18-9-6-16-14(18)10-17-15(20)19-8-4-5-13(11-19)12-21-2/h6,9,13H,3-5,7-8,10-12H2,1-2H3,(H,17,20). The van der Waals surface area contributed by atoms with Crippen LogP contribution in [0, 0.1) is 5.92 Å². The number of nitrogens with one attached hydrogen (secondary N) is 1. The quantitative estimate of drug-likeness (QED) is 0.878. The number of piperidine rings is 1. The first kappa shape index (κ1) is 16.2. The Balaban J connectivity index is 1.82. The zero-order chi connectivity index (χ0) is 15.1. The molecule has 2 rings (SSSR count). The van der Waals surface area contributed by atoms with E-state index >= 15 is 0 Å². The number of rotatable bonds is 6. The molecule has 1 aromatic heterocycles. The van der Waals surface area contributed by atoms with Gasteiger partial charge in [-0.2, -0.15) is 11.8 Å². The highest BCUT2D eigenvalue weighted by molar-refractivity contribution is 7.98. The summed E-state index contributed by atoms with van der Waals surface area (Å²) >= 11 is 1.87. The first-order chi connectivity index (χ1) is 10.2. The fraction of sp³-hybridized carbons (Fsp3) is 0.733. The molecule has 2 amide bonds. The van der Waals surface area contributed by atoms with E-state index < -0.39 is 0 Å². The zero-order valence-corrected chi connectivity index (χ0v) is 13.9. The summed E-state index contributed by atoms with van der Waals surface area (Å²) < 4.78 is 2.10. The second-order valence-corrected chi connectivity index (χ2v) is 6.52. The van der Waals surface area contributed by atoms with Gasteiger partial charge in [-0.05, 0) is 37.2 Å². The fourth-order valence-corrected chi connectivity index (χ4v) is 3.58. The van der Waals surface area contributed by atoms with E-state index in [1.165, 1.54) is 6.42 Å². The normalized spacial score (nSPS) is 18.8. The van der Waals surface area contributed by atoms with Crippen molar-refractivity contribution in [2.75, 3.05) is 25.1 Å². The molecule has 0 radical (unpaired) electrons. The summed E-state index contributed by atoms with van der Waals surface area (Å²) in [6.07, 6.45) is 9.33.